The van der Waals surface area contributed by atoms with Gasteiger partial charge in [0, 0.05) is 21.6 Å². The monoisotopic (exact) mass is 552 g/mol. The van der Waals surface area contributed by atoms with Crippen molar-refractivity contribution in [1.29, 1.82) is 0 Å². The molecule has 3 aromatic carbocycles. The highest BCUT2D eigenvalue weighted by Gasteiger charge is 2.29. The maximum Gasteiger partial charge on any atom is 0.243 e. The molecule has 3 aromatic rings. The number of carbonyl (C=O) groups excluding carboxylic acids is 1. The Kier molecular flexibility index (Phi) is 8.28. The first-order valence-electron chi connectivity index (χ1n) is 10.1. The Balaban J connectivity index is 1.88. The first-order chi connectivity index (χ1) is 15.6. The predicted octanol–water partition coefficient (Wildman–Crippen LogP) is 5.62. The highest BCUT2D eigenvalue weighted by molar-refractivity contribution is 9.10. The summed E-state index contributed by atoms with van der Waals surface area (Å²) in [7, 11) is -4.11. The van der Waals surface area contributed by atoms with Crippen LogP contribution in [0.5, 0.6) is 0 Å². The van der Waals surface area contributed by atoms with Crippen LogP contribution in [0.25, 0.3) is 0 Å². The average molecular weight is 554 g/mol. The summed E-state index contributed by atoms with van der Waals surface area (Å²) in [6.07, 6.45) is 0. The van der Waals surface area contributed by atoms with Gasteiger partial charge in [0.1, 0.15) is 5.82 Å². The van der Waals surface area contributed by atoms with E-state index in [-0.39, 0.29) is 28.1 Å². The maximum atomic E-state index is 14.4. The number of nitrogens with one attached hydrogen (secondary N) is 1. The van der Waals surface area contributed by atoms with Crippen LogP contribution in [-0.4, -0.2) is 25.2 Å². The molecule has 0 unspecified atom stereocenters. The van der Waals surface area contributed by atoms with Crippen molar-refractivity contribution < 1.29 is 17.6 Å². The number of aryl methyl sites for hydroxylation is 1. The third-order valence-corrected chi connectivity index (χ3v) is 7.81. The van der Waals surface area contributed by atoms with Gasteiger partial charge < -0.3 is 5.32 Å². The zero-order chi connectivity index (χ0) is 24.2. The fourth-order valence-electron chi connectivity index (χ4n) is 3.23. The van der Waals surface area contributed by atoms with Crippen LogP contribution in [0.1, 0.15) is 29.7 Å². The quantitative estimate of drug-likeness (QED) is 0.394. The lowest BCUT2D eigenvalue weighted by molar-refractivity contribution is -0.122. The van der Waals surface area contributed by atoms with Gasteiger partial charge in [-0.25, -0.2) is 12.8 Å². The van der Waals surface area contributed by atoms with Crippen LogP contribution < -0.4 is 5.32 Å². The second-order valence-corrected chi connectivity index (χ2v) is 10.9. The minimum absolute atomic E-state index is 0.00334. The van der Waals surface area contributed by atoms with Crippen LogP contribution in [0.2, 0.25) is 5.02 Å². The number of halogens is 3. The number of rotatable bonds is 8. The van der Waals surface area contributed by atoms with E-state index in [2.05, 4.69) is 21.2 Å². The van der Waals surface area contributed by atoms with Crippen molar-refractivity contribution in [2.45, 2.75) is 31.3 Å². The van der Waals surface area contributed by atoms with Crippen LogP contribution in [0.3, 0.4) is 0 Å². The molecule has 9 heteroatoms. The fraction of sp³-hybridized carbons (Fsp3) is 0.208. The predicted molar refractivity (Wildman–Crippen MR) is 131 cm³/mol. The van der Waals surface area contributed by atoms with Crippen LogP contribution in [0, 0.1) is 12.7 Å². The molecular formula is C24H23BrClFN2O3S. The van der Waals surface area contributed by atoms with Crippen molar-refractivity contribution in [3.63, 3.8) is 0 Å². The van der Waals surface area contributed by atoms with Crippen molar-refractivity contribution >= 4 is 43.5 Å². The second-order valence-electron chi connectivity index (χ2n) is 7.63. The number of benzene rings is 3. The summed E-state index contributed by atoms with van der Waals surface area (Å²) in [5, 5.41) is 2.89. The summed E-state index contributed by atoms with van der Waals surface area (Å²) >= 11 is 9.51. The number of nitrogens with zero attached hydrogens (tertiary/aromatic N) is 1. The van der Waals surface area contributed by atoms with Gasteiger partial charge >= 0.3 is 0 Å². The van der Waals surface area contributed by atoms with Gasteiger partial charge in [0.05, 0.1) is 17.5 Å². The van der Waals surface area contributed by atoms with E-state index in [1.54, 1.807) is 19.1 Å². The average Bonchev–Trinajstić information content (AvgIpc) is 2.76. The van der Waals surface area contributed by atoms with Crippen molar-refractivity contribution in [2.75, 3.05) is 6.54 Å². The van der Waals surface area contributed by atoms with E-state index in [4.69, 9.17) is 11.6 Å². The molecule has 0 saturated heterocycles. The van der Waals surface area contributed by atoms with Crippen molar-refractivity contribution in [3.8, 4) is 0 Å². The molecule has 0 saturated carbocycles. The summed E-state index contributed by atoms with van der Waals surface area (Å²) in [6, 6.07) is 17.4. The van der Waals surface area contributed by atoms with Gasteiger partial charge in [-0.05, 0) is 55.8 Å². The number of hydrogen-bond acceptors (Lipinski definition) is 3. The molecule has 1 amide bonds. The first kappa shape index (κ1) is 25.4. The SMILES string of the molecule is Cc1ccc(S(=O)(=O)N(CC(=O)N[C@@H](C)c2ccc(Br)cc2)Cc2c(F)cccc2Cl)cc1. The Bertz CT molecular complexity index is 1220. The Morgan fingerprint density at radius 3 is 2.33 bits per heavy atom. The number of sulfonamides is 1. The molecular weight excluding hydrogens is 531 g/mol. The van der Waals surface area contributed by atoms with E-state index >= 15 is 0 Å². The van der Waals surface area contributed by atoms with Gasteiger partial charge in [-0.15, -0.1) is 0 Å². The number of amides is 1. The van der Waals surface area contributed by atoms with Crippen LogP contribution >= 0.6 is 27.5 Å². The highest BCUT2D eigenvalue weighted by Crippen LogP contribution is 2.25. The van der Waals surface area contributed by atoms with E-state index in [0.29, 0.717) is 0 Å². The van der Waals surface area contributed by atoms with Gasteiger partial charge in [0.25, 0.3) is 0 Å². The zero-order valence-electron chi connectivity index (χ0n) is 18.1. The zero-order valence-corrected chi connectivity index (χ0v) is 21.2. The topological polar surface area (TPSA) is 66.5 Å². The van der Waals surface area contributed by atoms with E-state index in [0.717, 1.165) is 19.9 Å². The molecule has 0 aromatic heterocycles. The van der Waals surface area contributed by atoms with Crippen molar-refractivity contribution in [1.82, 2.24) is 9.62 Å². The molecule has 0 aliphatic rings. The molecule has 0 fully saturated rings. The van der Waals surface area contributed by atoms with Gasteiger partial charge in [0.15, 0.2) is 0 Å². The van der Waals surface area contributed by atoms with E-state index in [1.807, 2.05) is 31.2 Å². The smallest absolute Gasteiger partial charge is 0.243 e. The third-order valence-electron chi connectivity index (χ3n) is 5.12. The van der Waals surface area contributed by atoms with E-state index in [9.17, 15) is 17.6 Å². The lowest BCUT2D eigenvalue weighted by Gasteiger charge is -2.24. The molecule has 0 aliphatic heterocycles. The largest absolute Gasteiger partial charge is 0.348 e. The van der Waals surface area contributed by atoms with E-state index < -0.39 is 28.3 Å². The van der Waals surface area contributed by atoms with E-state index in [1.165, 1.54) is 30.3 Å². The summed E-state index contributed by atoms with van der Waals surface area (Å²) < 4.78 is 43.0. The first-order valence-corrected chi connectivity index (χ1v) is 12.7. The Hall–Kier alpha value is -2.26. The minimum atomic E-state index is -4.11. The summed E-state index contributed by atoms with van der Waals surface area (Å²) in [4.78, 5) is 12.9. The summed E-state index contributed by atoms with van der Waals surface area (Å²) in [5.74, 6) is -1.16. The molecule has 174 valence electrons. The lowest BCUT2D eigenvalue weighted by Crippen LogP contribution is -2.41. The Morgan fingerprint density at radius 2 is 1.73 bits per heavy atom. The molecule has 33 heavy (non-hydrogen) atoms. The standard InChI is InChI=1S/C24H23BrClFN2O3S/c1-16-6-12-20(13-7-16)33(31,32)29(14-21-22(26)4-3-5-23(21)27)15-24(30)28-17(2)18-8-10-19(25)11-9-18/h3-13,17H,14-15H2,1-2H3,(H,28,30)/t17-/m0/s1. The highest BCUT2D eigenvalue weighted by atomic mass is 79.9. The number of carbonyl (C=O) groups is 1. The van der Waals surface area contributed by atoms with Gasteiger partial charge in [-0.1, -0.05) is 63.4 Å². The Morgan fingerprint density at radius 1 is 1.09 bits per heavy atom. The van der Waals surface area contributed by atoms with Crippen molar-refractivity contribution in [2.24, 2.45) is 0 Å². The van der Waals surface area contributed by atoms with Crippen LogP contribution in [0.15, 0.2) is 76.1 Å². The van der Waals surface area contributed by atoms with Crippen LogP contribution in [0.4, 0.5) is 4.39 Å². The fourth-order valence-corrected chi connectivity index (χ4v) is 5.08. The van der Waals surface area contributed by atoms with Crippen LogP contribution in [-0.2, 0) is 21.4 Å². The molecule has 0 aliphatic carbocycles. The summed E-state index contributed by atoms with van der Waals surface area (Å²) in [5.41, 5.74) is 1.75. The van der Waals surface area contributed by atoms with Gasteiger partial charge in [0.2, 0.25) is 15.9 Å². The molecule has 1 N–H and O–H groups in total. The molecule has 0 bridgehead atoms. The molecule has 1 atom stereocenters. The minimum Gasteiger partial charge on any atom is -0.348 e. The third kappa shape index (κ3) is 6.41. The normalized spacial score (nSPS) is 12.5. The van der Waals surface area contributed by atoms with Crippen molar-refractivity contribution in [3.05, 3.63) is 98.7 Å². The molecule has 0 radical (unpaired) electrons. The lowest BCUT2D eigenvalue weighted by atomic mass is 10.1. The molecule has 0 heterocycles. The Labute approximate surface area is 206 Å². The molecule has 0 spiro atoms. The maximum absolute atomic E-state index is 14.4. The number of hydrogen-bond donors (Lipinski definition) is 1. The van der Waals surface area contributed by atoms with Gasteiger partial charge in [-0.2, -0.15) is 4.31 Å². The summed E-state index contributed by atoms with van der Waals surface area (Å²) in [6.45, 7) is 2.75. The second kappa shape index (κ2) is 10.8. The molecule has 5 nitrogen and oxygen atoms in total. The van der Waals surface area contributed by atoms with Gasteiger partial charge in [-0.3, -0.25) is 4.79 Å². The molecule has 3 rings (SSSR count).